The van der Waals surface area contributed by atoms with Crippen LogP contribution in [0.3, 0.4) is 0 Å². The van der Waals surface area contributed by atoms with E-state index in [1.165, 1.54) is 0 Å². The summed E-state index contributed by atoms with van der Waals surface area (Å²) in [5, 5.41) is 1.05. The van der Waals surface area contributed by atoms with Crippen molar-refractivity contribution in [2.75, 3.05) is 12.2 Å². The summed E-state index contributed by atoms with van der Waals surface area (Å²) in [6.45, 7) is 0. The molecule has 0 heterocycles. The predicted molar refractivity (Wildman–Crippen MR) is 12.6 cm³/mol. The first-order valence-corrected chi connectivity index (χ1v) is 3.54. The number of nitrogens with zero attached hydrogens (tertiary/aromatic N) is 1. The molecule has 3 heteroatoms. The van der Waals surface area contributed by atoms with Gasteiger partial charge < -0.3 is 0 Å². The van der Waals surface area contributed by atoms with Gasteiger partial charge in [0.1, 0.15) is 0 Å². The van der Waals surface area contributed by atoms with Crippen molar-refractivity contribution in [1.29, 1.82) is 0 Å². The zero-order chi connectivity index (χ0) is 4.28. The number of hydrogen-bond donors (Lipinski definition) is 0. The van der Waals surface area contributed by atoms with Crippen LogP contribution in [0.15, 0.2) is 0 Å². The van der Waals surface area contributed by atoms with E-state index in [-0.39, 0.29) is 0 Å². The van der Waals surface area contributed by atoms with Crippen molar-refractivity contribution in [3.05, 3.63) is 0 Å². The Labute approximate surface area is 53.5 Å². The van der Waals surface area contributed by atoms with Crippen molar-refractivity contribution in [1.82, 2.24) is 3.53 Å². The van der Waals surface area contributed by atoms with Crippen LogP contribution in [0, 0.1) is 0 Å². The van der Waals surface area contributed by atoms with E-state index in [1.54, 1.807) is 19.4 Å². The molecule has 0 saturated carbocycles. The molecule has 0 fully saturated rings. The molecule has 0 bridgehead atoms. The van der Waals surface area contributed by atoms with Crippen LogP contribution in [-0.2, 0) is 37.7 Å². The molecule has 5 heavy (non-hydrogen) atoms. The van der Waals surface area contributed by atoms with Crippen LogP contribution in [0.4, 0.5) is 0 Å². The molecule has 0 amide bonds. The van der Waals surface area contributed by atoms with E-state index in [4.69, 9.17) is 0 Å². The zero-order valence-electron chi connectivity index (χ0n) is 2.87. The van der Waals surface area contributed by atoms with Crippen LogP contribution >= 0.6 is 0 Å². The molecule has 0 aliphatic carbocycles. The normalized spacial score (nSPS) is 9.80. The van der Waals surface area contributed by atoms with Crippen molar-refractivity contribution >= 4 is 0 Å². The first-order chi connectivity index (χ1) is 2.27. The molecular weight excluding hydrogens is 327 g/mol. The van der Waals surface area contributed by atoms with E-state index in [1.807, 2.05) is 0 Å². The molecule has 1 nitrogen and oxygen atoms in total. The third kappa shape index (κ3) is 5.25. The summed E-state index contributed by atoms with van der Waals surface area (Å²) in [4.78, 5) is 0. The topological polar surface area (TPSA) is 3.24 Å². The fourth-order valence-electron chi connectivity index (χ4n) is 0. The Morgan fingerprint density at radius 3 is 2.20 bits per heavy atom. The van der Waals surface area contributed by atoms with Crippen LogP contribution in [0.5, 0.6) is 0 Å². The monoisotopic (exact) mass is 333 g/mol. The van der Waals surface area contributed by atoms with Gasteiger partial charge in [-0.25, -0.2) is 0 Å². The van der Waals surface area contributed by atoms with E-state index in [2.05, 4.69) is 28.9 Å². The summed E-state index contributed by atoms with van der Waals surface area (Å²) < 4.78 is 2.13. The van der Waals surface area contributed by atoms with Crippen LogP contribution < -0.4 is 0 Å². The van der Waals surface area contributed by atoms with E-state index < -0.39 is 0 Å². The van der Waals surface area contributed by atoms with E-state index in [9.17, 15) is 0 Å². The summed E-state index contributed by atoms with van der Waals surface area (Å²) in [6.07, 6.45) is 0. The fraction of sp³-hybridized carbons (Fsp3) is 1.00. The average molecular weight is 332 g/mol. The maximum absolute atomic E-state index is 2.79. The Morgan fingerprint density at radius 2 is 2.20 bits per heavy atom. The van der Waals surface area contributed by atoms with Gasteiger partial charge in [-0.3, -0.25) is 0 Å². The van der Waals surface area contributed by atoms with Crippen molar-refractivity contribution < 1.29 is 37.7 Å². The van der Waals surface area contributed by atoms with Gasteiger partial charge in [0, 0.05) is 0 Å². The molecule has 0 rings (SSSR count). The predicted octanol–water partition coefficient (Wildman–Crippen LogP) is -0.116. The number of hydrogen-bond acceptors (Lipinski definition) is 1. The third-order valence-corrected chi connectivity index (χ3v) is 2.55. The Bertz CT molecular complexity index is 23.6. The molecule has 0 spiro atoms. The molecular formula is C2H5NReRh. The van der Waals surface area contributed by atoms with Crippen LogP contribution in [-0.4, -0.2) is 15.7 Å². The summed E-state index contributed by atoms with van der Waals surface area (Å²) in [7, 11) is 2.05. The second-order valence-corrected chi connectivity index (χ2v) is 3.30. The Balaban J connectivity index is 2.54. The first-order valence-electron chi connectivity index (χ1n) is 1.17. The van der Waals surface area contributed by atoms with E-state index >= 15 is 0 Å². The second-order valence-electron chi connectivity index (χ2n) is 0.710. The van der Waals surface area contributed by atoms with Gasteiger partial charge in [0.15, 0.2) is 0 Å². The van der Waals surface area contributed by atoms with Crippen LogP contribution in [0.1, 0.15) is 0 Å². The standard InChI is InChI=1S/C2H5N.Re.Rh/c1-3-2;;/h1H2,2H3;;/q-1;+1;. The van der Waals surface area contributed by atoms with Gasteiger partial charge in [0.25, 0.3) is 0 Å². The molecule has 0 aliphatic heterocycles. The number of rotatable bonds is 1. The van der Waals surface area contributed by atoms with Crippen molar-refractivity contribution in [2.24, 2.45) is 0 Å². The average Bonchev–Trinajstić information content (AvgIpc) is 1.38. The van der Waals surface area contributed by atoms with Crippen LogP contribution in [0.25, 0.3) is 0 Å². The molecule has 0 N–H and O–H groups in total. The molecule has 0 radical (unpaired) electrons. The summed E-state index contributed by atoms with van der Waals surface area (Å²) in [5.41, 5.74) is 0. The van der Waals surface area contributed by atoms with Crippen molar-refractivity contribution in [3.8, 4) is 0 Å². The maximum atomic E-state index is 2.79. The molecule has 0 aromatic rings. The minimum atomic E-state index is 1.05. The quantitative estimate of drug-likeness (QED) is 0.606. The molecule has 0 unspecified atom stereocenters. The van der Waals surface area contributed by atoms with E-state index in [0.29, 0.717) is 0 Å². The first kappa shape index (κ1) is 6.25. The van der Waals surface area contributed by atoms with Gasteiger partial charge in [-0.1, -0.05) is 0 Å². The Morgan fingerprint density at radius 1 is 2.00 bits per heavy atom. The van der Waals surface area contributed by atoms with Crippen molar-refractivity contribution in [3.63, 3.8) is 0 Å². The van der Waals surface area contributed by atoms with Gasteiger partial charge in [-0.05, 0) is 0 Å². The molecule has 0 atom stereocenters. The summed E-state index contributed by atoms with van der Waals surface area (Å²) in [6, 6.07) is 0. The molecule has 0 aliphatic rings. The second kappa shape index (κ2) is 3.44. The Kier molecular flexibility index (Phi) is 4.29. The molecule has 0 saturated heterocycles. The van der Waals surface area contributed by atoms with Gasteiger partial charge in [-0.15, -0.1) is 0 Å². The molecule has 34 valence electrons. The SMILES string of the molecule is C[N]([Re])[CH2][Rh]. The van der Waals surface area contributed by atoms with Gasteiger partial charge in [-0.2, -0.15) is 0 Å². The molecule has 0 aromatic carbocycles. The van der Waals surface area contributed by atoms with Gasteiger partial charge in [0.05, 0.1) is 0 Å². The van der Waals surface area contributed by atoms with Crippen LogP contribution in [0.2, 0.25) is 0 Å². The van der Waals surface area contributed by atoms with Gasteiger partial charge in [0.2, 0.25) is 0 Å². The van der Waals surface area contributed by atoms with Gasteiger partial charge >= 0.3 is 53.5 Å². The van der Waals surface area contributed by atoms with E-state index in [0.717, 1.165) is 5.14 Å². The zero-order valence-corrected chi connectivity index (χ0v) is 7.22. The molecule has 0 aromatic heterocycles. The third-order valence-electron chi connectivity index (χ3n) is 0.145. The van der Waals surface area contributed by atoms with Crippen molar-refractivity contribution in [2.45, 2.75) is 0 Å². The minimum absolute atomic E-state index is 1.05. The fourth-order valence-corrected chi connectivity index (χ4v) is 0. The summed E-state index contributed by atoms with van der Waals surface area (Å²) in [5.74, 6) is 0. The Hall–Kier alpha value is 1.25. The summed E-state index contributed by atoms with van der Waals surface area (Å²) >= 11 is 4.48.